The predicted molar refractivity (Wildman–Crippen MR) is 173 cm³/mol. The number of hydrogen-bond donors (Lipinski definition) is 10. The van der Waals surface area contributed by atoms with Gasteiger partial charge in [0.1, 0.15) is 88.0 Å². The Morgan fingerprint density at radius 3 is 2.08 bits per heavy atom. The minimum absolute atomic E-state index is 0.138. The fraction of sp³-hybridized carbons (Fsp3) is 0.278. The summed E-state index contributed by atoms with van der Waals surface area (Å²) in [6.45, 7) is -0.813. The third-order valence-corrected chi connectivity index (χ3v) is 9.32. The van der Waals surface area contributed by atoms with Gasteiger partial charge in [-0.05, 0) is 35.4 Å². The van der Waals surface area contributed by atoms with Crippen LogP contribution in [0, 0.1) is 0 Å². The molecule has 52 heavy (non-hydrogen) atoms. The monoisotopic (exact) mass is 720 g/mol. The van der Waals surface area contributed by atoms with Gasteiger partial charge in [0.2, 0.25) is 6.29 Å². The smallest absolute Gasteiger partial charge is 0.229 e. The van der Waals surface area contributed by atoms with Gasteiger partial charge in [0.05, 0.1) is 24.5 Å². The molecule has 4 aromatic rings. The third kappa shape index (κ3) is 5.81. The van der Waals surface area contributed by atoms with Crippen LogP contribution in [-0.2, 0) is 4.74 Å². The molecule has 4 unspecified atom stereocenters. The molecule has 0 radical (unpaired) electrons. The largest absolute Gasteiger partial charge is 0.508 e. The lowest BCUT2D eigenvalue weighted by Gasteiger charge is -2.41. The average molecular weight is 721 g/mol. The molecule has 1 fully saturated rings. The van der Waals surface area contributed by atoms with E-state index in [2.05, 4.69) is 0 Å². The zero-order valence-corrected chi connectivity index (χ0v) is 26.7. The Morgan fingerprint density at radius 2 is 1.38 bits per heavy atom. The number of aliphatic hydroxyl groups is 4. The average Bonchev–Trinajstić information content (AvgIpc) is 3.10. The number of hydrogen-bond acceptors (Lipinski definition) is 16. The Labute approximate surface area is 293 Å². The van der Waals surface area contributed by atoms with E-state index in [4.69, 9.17) is 18.9 Å². The van der Waals surface area contributed by atoms with Crippen LogP contribution in [0.3, 0.4) is 0 Å². The van der Waals surface area contributed by atoms with E-state index in [1.807, 2.05) is 0 Å². The molecule has 1 saturated heterocycles. The number of carbonyl (C=O) groups is 2. The van der Waals surface area contributed by atoms with Crippen molar-refractivity contribution >= 4 is 11.6 Å². The number of phenols is 6. The van der Waals surface area contributed by atoms with E-state index in [0.29, 0.717) is 0 Å². The SMILES string of the molecule is O=C1CC(c2ccc(O)c(O)c2)Oc2c1c(O)cc(OC1O[C@H](CO)[C@@H](O)[C@H](O)[C@H]1O)c2C1C(=O)c2c(O)cc(O)cc2OC1c1ccc(O)cc1. The Balaban J connectivity index is 1.47. The van der Waals surface area contributed by atoms with Crippen molar-refractivity contribution in [3.63, 3.8) is 0 Å². The summed E-state index contributed by atoms with van der Waals surface area (Å²) in [5.74, 6) is -7.21. The molecule has 16 heteroatoms. The topological polar surface area (TPSA) is 273 Å². The highest BCUT2D eigenvalue weighted by molar-refractivity contribution is 6.09. The summed E-state index contributed by atoms with van der Waals surface area (Å²) in [7, 11) is 0. The van der Waals surface area contributed by atoms with E-state index in [1.54, 1.807) is 0 Å². The second-order valence-corrected chi connectivity index (χ2v) is 12.6. The molecule has 0 aromatic heterocycles. The van der Waals surface area contributed by atoms with Gasteiger partial charge in [-0.15, -0.1) is 0 Å². The lowest BCUT2D eigenvalue weighted by atomic mass is 9.78. The zero-order valence-electron chi connectivity index (χ0n) is 26.7. The van der Waals surface area contributed by atoms with E-state index in [1.165, 1.54) is 36.4 Å². The van der Waals surface area contributed by atoms with E-state index < -0.39 is 113 Å². The van der Waals surface area contributed by atoms with Crippen LogP contribution in [0.1, 0.15) is 62.0 Å². The van der Waals surface area contributed by atoms with E-state index in [0.717, 1.165) is 24.3 Å². The Hall–Kier alpha value is -5.78. The molecule has 8 atom stereocenters. The number of benzene rings is 4. The number of carbonyl (C=O) groups excluding carboxylic acids is 2. The summed E-state index contributed by atoms with van der Waals surface area (Å²) in [4.78, 5) is 28.5. The summed E-state index contributed by atoms with van der Waals surface area (Å²) < 4.78 is 24.2. The van der Waals surface area contributed by atoms with Crippen LogP contribution in [0.15, 0.2) is 60.7 Å². The number of aliphatic hydroxyl groups excluding tert-OH is 4. The molecule has 0 saturated carbocycles. The van der Waals surface area contributed by atoms with Crippen LogP contribution < -0.4 is 14.2 Å². The van der Waals surface area contributed by atoms with E-state index in [9.17, 15) is 60.7 Å². The van der Waals surface area contributed by atoms with E-state index >= 15 is 0 Å². The van der Waals surface area contributed by atoms with Crippen molar-refractivity contribution < 1.29 is 79.6 Å². The van der Waals surface area contributed by atoms with Crippen molar-refractivity contribution in [2.45, 2.75) is 55.3 Å². The molecule has 7 rings (SSSR count). The van der Waals surface area contributed by atoms with Gasteiger partial charge in [0.25, 0.3) is 0 Å². The van der Waals surface area contributed by atoms with Gasteiger partial charge in [-0.2, -0.15) is 0 Å². The van der Waals surface area contributed by atoms with Crippen LogP contribution in [0.4, 0.5) is 0 Å². The quantitative estimate of drug-likeness (QED) is 0.127. The first-order valence-electron chi connectivity index (χ1n) is 15.9. The normalized spacial score (nSPS) is 26.8. The second kappa shape index (κ2) is 13.1. The van der Waals surface area contributed by atoms with Crippen molar-refractivity contribution in [3.8, 4) is 51.7 Å². The number of fused-ring (bicyclic) bond motifs is 2. The summed E-state index contributed by atoms with van der Waals surface area (Å²) in [6.07, 6.45) is -11.8. The molecule has 3 aliphatic rings. The maximum absolute atomic E-state index is 14.7. The molecule has 10 N–H and O–H groups in total. The van der Waals surface area contributed by atoms with Crippen molar-refractivity contribution in [2.75, 3.05) is 6.61 Å². The standard InChI is InChI=1S/C36H32O16/c37-12-25-30(45)32(47)33(48)36(52-25)51-24-11-21(44)26-20(43)10-22(14-3-6-17(40)18(41)7-14)49-35(26)28(24)29-31(46)27-19(42)8-16(39)9-23(27)50-34(29)13-1-4-15(38)5-2-13/h1-9,11,22,25,29-30,32-34,36-42,44-45,47-48H,10,12H2/t22?,25-,29?,30-,32+,33-,34?,36?/m1/s1. The molecule has 0 amide bonds. The van der Waals surface area contributed by atoms with Crippen LogP contribution >= 0.6 is 0 Å². The first-order valence-corrected chi connectivity index (χ1v) is 15.9. The Kier molecular flexibility index (Phi) is 8.72. The van der Waals surface area contributed by atoms with Crippen LogP contribution in [0.2, 0.25) is 0 Å². The van der Waals surface area contributed by atoms with Gasteiger partial charge in [0.15, 0.2) is 23.1 Å². The molecule has 0 aliphatic carbocycles. The fourth-order valence-corrected chi connectivity index (χ4v) is 6.72. The molecular formula is C36H32O16. The van der Waals surface area contributed by atoms with Crippen LogP contribution in [0.5, 0.6) is 51.7 Å². The maximum Gasteiger partial charge on any atom is 0.229 e. The minimum atomic E-state index is -1.96. The molecule has 16 nitrogen and oxygen atoms in total. The molecule has 272 valence electrons. The van der Waals surface area contributed by atoms with Gasteiger partial charge in [-0.1, -0.05) is 18.2 Å². The second-order valence-electron chi connectivity index (χ2n) is 12.6. The molecule has 0 spiro atoms. The number of phenolic OH excluding ortho intramolecular Hbond substituents is 6. The summed E-state index contributed by atoms with van der Waals surface area (Å²) in [5.41, 5.74) is -0.604. The molecule has 3 heterocycles. The van der Waals surface area contributed by atoms with Gasteiger partial charge in [0, 0.05) is 18.2 Å². The number of ether oxygens (including phenoxy) is 4. The Morgan fingerprint density at radius 1 is 0.692 bits per heavy atom. The first-order chi connectivity index (χ1) is 24.8. The number of Topliss-reactive ketones (excluding diaryl/α,β-unsaturated/α-hetero) is 2. The van der Waals surface area contributed by atoms with Gasteiger partial charge < -0.3 is 70.0 Å². The summed E-state index contributed by atoms with van der Waals surface area (Å²) in [5, 5.41) is 104. The molecule has 0 bridgehead atoms. The predicted octanol–water partition coefficient (Wildman–Crippen LogP) is 1.91. The van der Waals surface area contributed by atoms with Crippen molar-refractivity contribution in [1.82, 2.24) is 0 Å². The third-order valence-electron chi connectivity index (χ3n) is 9.32. The summed E-state index contributed by atoms with van der Waals surface area (Å²) >= 11 is 0. The Bertz CT molecular complexity index is 2060. The summed E-state index contributed by atoms with van der Waals surface area (Å²) in [6, 6.07) is 12.1. The molecular weight excluding hydrogens is 688 g/mol. The minimum Gasteiger partial charge on any atom is -0.508 e. The number of aromatic hydroxyl groups is 6. The van der Waals surface area contributed by atoms with Crippen LogP contribution in [-0.4, -0.2) is 99.9 Å². The van der Waals surface area contributed by atoms with E-state index in [-0.39, 0.29) is 40.2 Å². The number of ketones is 2. The lowest BCUT2D eigenvalue weighted by molar-refractivity contribution is -0.277. The maximum atomic E-state index is 14.7. The van der Waals surface area contributed by atoms with Crippen LogP contribution in [0.25, 0.3) is 0 Å². The zero-order chi connectivity index (χ0) is 37.2. The number of rotatable bonds is 6. The van der Waals surface area contributed by atoms with Crippen molar-refractivity contribution in [2.24, 2.45) is 0 Å². The highest BCUT2D eigenvalue weighted by Crippen LogP contribution is 2.56. The highest BCUT2D eigenvalue weighted by atomic mass is 16.7. The fourth-order valence-electron chi connectivity index (χ4n) is 6.72. The first kappa shape index (κ1) is 34.7. The van der Waals surface area contributed by atoms with Gasteiger partial charge >= 0.3 is 0 Å². The molecule has 3 aliphatic heterocycles. The van der Waals surface area contributed by atoms with Gasteiger partial charge in [-0.25, -0.2) is 0 Å². The highest BCUT2D eigenvalue weighted by Gasteiger charge is 2.49. The van der Waals surface area contributed by atoms with Gasteiger partial charge in [-0.3, -0.25) is 9.59 Å². The lowest BCUT2D eigenvalue weighted by Crippen LogP contribution is -2.60. The van der Waals surface area contributed by atoms with Crippen molar-refractivity contribution in [3.05, 3.63) is 88.5 Å². The molecule has 4 aromatic carbocycles. The van der Waals surface area contributed by atoms with Crippen molar-refractivity contribution in [1.29, 1.82) is 0 Å².